The summed E-state index contributed by atoms with van der Waals surface area (Å²) in [6, 6.07) is 25.2. The molecule has 0 saturated carbocycles. The Bertz CT molecular complexity index is 1130. The van der Waals surface area contributed by atoms with Crippen LogP contribution >= 0.6 is 0 Å². The van der Waals surface area contributed by atoms with Gasteiger partial charge in [0, 0.05) is 30.2 Å². The SMILES string of the molecule is Fc1ccc(-n2c(C3CCOCC3)c(OCc3ccccc3)c3ccccc32)cc1. The van der Waals surface area contributed by atoms with Crippen LogP contribution in [0.3, 0.4) is 0 Å². The number of ether oxygens (including phenoxy) is 2. The van der Waals surface area contributed by atoms with E-state index in [4.69, 9.17) is 9.47 Å². The summed E-state index contributed by atoms with van der Waals surface area (Å²) in [5.74, 6) is 1.01. The van der Waals surface area contributed by atoms with Gasteiger partial charge in [0.25, 0.3) is 0 Å². The lowest BCUT2D eigenvalue weighted by Crippen LogP contribution is -2.17. The van der Waals surface area contributed by atoms with Crippen LogP contribution in [-0.2, 0) is 11.3 Å². The summed E-state index contributed by atoms with van der Waals surface area (Å²) in [6.07, 6.45) is 1.89. The van der Waals surface area contributed by atoms with Crippen LogP contribution < -0.4 is 4.74 Å². The van der Waals surface area contributed by atoms with Crippen LogP contribution in [0.15, 0.2) is 78.9 Å². The van der Waals surface area contributed by atoms with Crippen molar-refractivity contribution in [3.05, 3.63) is 95.9 Å². The Morgan fingerprint density at radius 3 is 2.33 bits per heavy atom. The predicted octanol–water partition coefficient (Wildman–Crippen LogP) is 6.24. The molecule has 0 unspecified atom stereocenters. The molecule has 1 saturated heterocycles. The molecule has 5 rings (SSSR count). The summed E-state index contributed by atoms with van der Waals surface area (Å²) < 4.78 is 28.0. The highest BCUT2D eigenvalue weighted by atomic mass is 19.1. The molecule has 1 fully saturated rings. The average molecular weight is 401 g/mol. The Balaban J connectivity index is 1.67. The highest BCUT2D eigenvalue weighted by Crippen LogP contribution is 2.43. The second kappa shape index (κ2) is 8.33. The van der Waals surface area contributed by atoms with E-state index in [2.05, 4.69) is 28.8 Å². The monoisotopic (exact) mass is 401 g/mol. The molecule has 3 nitrogen and oxygen atoms in total. The van der Waals surface area contributed by atoms with E-state index in [1.165, 1.54) is 12.1 Å². The summed E-state index contributed by atoms with van der Waals surface area (Å²) in [7, 11) is 0. The first-order valence-electron chi connectivity index (χ1n) is 10.4. The first-order valence-corrected chi connectivity index (χ1v) is 10.4. The van der Waals surface area contributed by atoms with Crippen LogP contribution in [0.1, 0.15) is 30.0 Å². The molecule has 0 amide bonds. The molecule has 0 spiro atoms. The molecule has 4 aromatic rings. The number of hydrogen-bond acceptors (Lipinski definition) is 2. The lowest BCUT2D eigenvalue weighted by Gasteiger charge is -2.25. The smallest absolute Gasteiger partial charge is 0.149 e. The van der Waals surface area contributed by atoms with Crippen molar-refractivity contribution in [3.8, 4) is 11.4 Å². The minimum atomic E-state index is -0.233. The van der Waals surface area contributed by atoms with Crippen LogP contribution in [0.4, 0.5) is 4.39 Å². The molecule has 0 N–H and O–H groups in total. The molecule has 2 heterocycles. The van der Waals surface area contributed by atoms with Gasteiger partial charge in [-0.15, -0.1) is 0 Å². The van der Waals surface area contributed by atoms with Gasteiger partial charge in [-0.25, -0.2) is 4.39 Å². The fourth-order valence-electron chi connectivity index (χ4n) is 4.32. The van der Waals surface area contributed by atoms with Gasteiger partial charge in [0.2, 0.25) is 0 Å². The van der Waals surface area contributed by atoms with Crippen molar-refractivity contribution in [1.29, 1.82) is 0 Å². The lowest BCUT2D eigenvalue weighted by molar-refractivity contribution is 0.0834. The van der Waals surface area contributed by atoms with E-state index in [9.17, 15) is 4.39 Å². The fourth-order valence-corrected chi connectivity index (χ4v) is 4.32. The van der Waals surface area contributed by atoms with Crippen LogP contribution in [0.5, 0.6) is 5.75 Å². The van der Waals surface area contributed by atoms with Gasteiger partial charge >= 0.3 is 0 Å². The maximum Gasteiger partial charge on any atom is 0.149 e. The van der Waals surface area contributed by atoms with E-state index < -0.39 is 0 Å². The van der Waals surface area contributed by atoms with Crippen LogP contribution in [0, 0.1) is 5.82 Å². The first kappa shape index (κ1) is 18.9. The highest BCUT2D eigenvalue weighted by Gasteiger charge is 2.28. The van der Waals surface area contributed by atoms with Crippen molar-refractivity contribution in [1.82, 2.24) is 4.57 Å². The topological polar surface area (TPSA) is 23.4 Å². The molecule has 152 valence electrons. The van der Waals surface area contributed by atoms with Crippen molar-refractivity contribution in [2.75, 3.05) is 13.2 Å². The van der Waals surface area contributed by atoms with E-state index >= 15 is 0 Å². The molecule has 0 atom stereocenters. The number of aromatic nitrogens is 1. The van der Waals surface area contributed by atoms with Crippen LogP contribution in [-0.4, -0.2) is 17.8 Å². The maximum atomic E-state index is 13.6. The number of hydrogen-bond donors (Lipinski definition) is 0. The molecule has 4 heteroatoms. The van der Waals surface area contributed by atoms with Gasteiger partial charge in [-0.3, -0.25) is 0 Å². The zero-order chi connectivity index (χ0) is 20.3. The number of halogens is 1. The van der Waals surface area contributed by atoms with Gasteiger partial charge in [-0.05, 0) is 54.8 Å². The Morgan fingerprint density at radius 2 is 1.57 bits per heavy atom. The van der Waals surface area contributed by atoms with Crippen LogP contribution in [0.2, 0.25) is 0 Å². The zero-order valence-corrected chi connectivity index (χ0v) is 16.8. The van der Waals surface area contributed by atoms with Crippen molar-refractivity contribution in [2.24, 2.45) is 0 Å². The second-order valence-electron chi connectivity index (χ2n) is 7.70. The van der Waals surface area contributed by atoms with Gasteiger partial charge in [-0.1, -0.05) is 42.5 Å². The van der Waals surface area contributed by atoms with Crippen molar-refractivity contribution in [3.63, 3.8) is 0 Å². The van der Waals surface area contributed by atoms with E-state index in [0.717, 1.165) is 59.7 Å². The minimum absolute atomic E-state index is 0.233. The molecule has 0 radical (unpaired) electrons. The Labute approximate surface area is 175 Å². The lowest BCUT2D eigenvalue weighted by atomic mass is 9.95. The Morgan fingerprint density at radius 1 is 0.867 bits per heavy atom. The normalized spacial score (nSPS) is 14.8. The maximum absolute atomic E-state index is 13.6. The number of fused-ring (bicyclic) bond motifs is 1. The summed E-state index contributed by atoms with van der Waals surface area (Å²) >= 11 is 0. The molecule has 30 heavy (non-hydrogen) atoms. The van der Waals surface area contributed by atoms with E-state index in [1.54, 1.807) is 0 Å². The van der Waals surface area contributed by atoms with E-state index in [0.29, 0.717) is 12.5 Å². The van der Waals surface area contributed by atoms with E-state index in [1.807, 2.05) is 42.5 Å². The van der Waals surface area contributed by atoms with Crippen molar-refractivity contribution >= 4 is 10.9 Å². The molecule has 1 aromatic heterocycles. The quantitative estimate of drug-likeness (QED) is 0.395. The fraction of sp³-hybridized carbons (Fsp3) is 0.231. The largest absolute Gasteiger partial charge is 0.486 e. The second-order valence-corrected chi connectivity index (χ2v) is 7.70. The number of rotatable bonds is 5. The number of para-hydroxylation sites is 1. The van der Waals surface area contributed by atoms with Crippen molar-refractivity contribution in [2.45, 2.75) is 25.4 Å². The summed E-state index contributed by atoms with van der Waals surface area (Å²) in [5, 5.41) is 1.08. The van der Waals surface area contributed by atoms with Crippen LogP contribution in [0.25, 0.3) is 16.6 Å². The predicted molar refractivity (Wildman–Crippen MR) is 117 cm³/mol. The zero-order valence-electron chi connectivity index (χ0n) is 16.8. The minimum Gasteiger partial charge on any atom is -0.486 e. The van der Waals surface area contributed by atoms with E-state index in [-0.39, 0.29) is 5.82 Å². The molecule has 0 aliphatic carbocycles. The first-order chi connectivity index (χ1) is 14.8. The Hall–Kier alpha value is -3.11. The number of nitrogens with zero attached hydrogens (tertiary/aromatic N) is 1. The highest BCUT2D eigenvalue weighted by molar-refractivity contribution is 5.90. The summed E-state index contributed by atoms with van der Waals surface area (Å²) in [5.41, 5.74) is 4.31. The third-order valence-electron chi connectivity index (χ3n) is 5.78. The van der Waals surface area contributed by atoms with Gasteiger partial charge in [-0.2, -0.15) is 0 Å². The summed E-state index contributed by atoms with van der Waals surface area (Å²) in [4.78, 5) is 0. The number of benzene rings is 3. The molecule has 0 bridgehead atoms. The molecular formula is C26H24FNO2. The standard InChI is InChI=1S/C26H24FNO2/c27-21-10-12-22(13-11-21)28-24-9-5-4-8-23(24)26(25(28)20-14-16-29-17-15-20)30-18-19-6-2-1-3-7-19/h1-13,20H,14-18H2. The van der Waals surface area contributed by atoms with Crippen molar-refractivity contribution < 1.29 is 13.9 Å². The van der Waals surface area contributed by atoms with Gasteiger partial charge in [0.05, 0.1) is 11.2 Å². The molecule has 1 aliphatic rings. The molecule has 3 aromatic carbocycles. The third-order valence-corrected chi connectivity index (χ3v) is 5.78. The van der Waals surface area contributed by atoms with Gasteiger partial charge < -0.3 is 14.0 Å². The third kappa shape index (κ3) is 3.59. The average Bonchev–Trinajstić information content (AvgIpc) is 3.14. The molecule has 1 aliphatic heterocycles. The summed E-state index contributed by atoms with van der Waals surface area (Å²) in [6.45, 7) is 2.00. The van der Waals surface area contributed by atoms with Gasteiger partial charge in [0.1, 0.15) is 18.2 Å². The molecular weight excluding hydrogens is 377 g/mol. The Kier molecular flexibility index (Phi) is 5.24. The van der Waals surface area contributed by atoms with Gasteiger partial charge in [0.15, 0.2) is 0 Å².